The molecule has 1 aliphatic heterocycles. The molecule has 1 aromatic carbocycles. The summed E-state index contributed by atoms with van der Waals surface area (Å²) in [6, 6.07) is 7.51. The number of methoxy groups -OCH3 is 2. The highest BCUT2D eigenvalue weighted by molar-refractivity contribution is 5.91. The molecule has 3 rings (SSSR count). The molecule has 0 atom stereocenters. The van der Waals surface area contributed by atoms with Gasteiger partial charge in [0, 0.05) is 25.5 Å². The zero-order valence-corrected chi connectivity index (χ0v) is 14.3. The standard InChI is InChI=1S/C19H20N2O4/c1-24-15-5-3-4-13(8-15)9-18(22)21-7-6-16-14(12-21)10-20-11-17(16)19(23)25-2/h3-5,8,10-11H,6-7,9,12H2,1-2H3. The van der Waals surface area contributed by atoms with Crippen molar-refractivity contribution in [2.24, 2.45) is 0 Å². The highest BCUT2D eigenvalue weighted by Gasteiger charge is 2.25. The van der Waals surface area contributed by atoms with Gasteiger partial charge in [-0.25, -0.2) is 4.79 Å². The highest BCUT2D eigenvalue weighted by atomic mass is 16.5. The van der Waals surface area contributed by atoms with Crippen molar-refractivity contribution >= 4 is 11.9 Å². The van der Waals surface area contributed by atoms with Crippen LogP contribution in [0.1, 0.15) is 27.0 Å². The van der Waals surface area contributed by atoms with Crippen molar-refractivity contribution in [1.29, 1.82) is 0 Å². The van der Waals surface area contributed by atoms with Gasteiger partial charge in [-0.1, -0.05) is 12.1 Å². The molecule has 0 spiro atoms. The van der Waals surface area contributed by atoms with Crippen molar-refractivity contribution in [2.75, 3.05) is 20.8 Å². The number of hydrogen-bond acceptors (Lipinski definition) is 5. The lowest BCUT2D eigenvalue weighted by Crippen LogP contribution is -2.37. The molecule has 0 bridgehead atoms. The number of carbonyl (C=O) groups excluding carboxylic acids is 2. The van der Waals surface area contributed by atoms with Crippen LogP contribution in [-0.2, 0) is 28.9 Å². The monoisotopic (exact) mass is 340 g/mol. The number of fused-ring (bicyclic) bond motifs is 1. The summed E-state index contributed by atoms with van der Waals surface area (Å²) in [6.45, 7) is 1.03. The Kier molecular flexibility index (Phi) is 4.97. The van der Waals surface area contributed by atoms with E-state index in [-0.39, 0.29) is 11.9 Å². The van der Waals surface area contributed by atoms with E-state index >= 15 is 0 Å². The fraction of sp³-hybridized carbons (Fsp3) is 0.316. The topological polar surface area (TPSA) is 68.7 Å². The van der Waals surface area contributed by atoms with Gasteiger partial charge >= 0.3 is 5.97 Å². The molecule has 0 N–H and O–H groups in total. The summed E-state index contributed by atoms with van der Waals surface area (Å²) in [6.07, 6.45) is 4.17. The molecule has 0 unspecified atom stereocenters. The first-order valence-corrected chi connectivity index (χ1v) is 8.07. The summed E-state index contributed by atoms with van der Waals surface area (Å²) >= 11 is 0. The Morgan fingerprint density at radius 1 is 1.24 bits per heavy atom. The van der Waals surface area contributed by atoms with Crippen molar-refractivity contribution in [1.82, 2.24) is 9.88 Å². The fourth-order valence-corrected chi connectivity index (χ4v) is 3.06. The molecular weight excluding hydrogens is 320 g/mol. The molecular formula is C19H20N2O4. The number of hydrogen-bond donors (Lipinski definition) is 0. The third kappa shape index (κ3) is 3.63. The zero-order valence-electron chi connectivity index (χ0n) is 14.3. The van der Waals surface area contributed by atoms with E-state index in [2.05, 4.69) is 4.98 Å². The molecule has 2 heterocycles. The van der Waals surface area contributed by atoms with E-state index in [1.54, 1.807) is 18.2 Å². The minimum absolute atomic E-state index is 0.0439. The molecule has 0 fully saturated rings. The SMILES string of the molecule is COC(=O)c1cncc2c1CCN(C(=O)Cc1cccc(OC)c1)C2. The highest BCUT2D eigenvalue weighted by Crippen LogP contribution is 2.23. The van der Waals surface area contributed by atoms with Gasteiger partial charge in [-0.2, -0.15) is 0 Å². The second-order valence-corrected chi connectivity index (χ2v) is 5.91. The predicted molar refractivity (Wildman–Crippen MR) is 91.4 cm³/mol. The van der Waals surface area contributed by atoms with Crippen molar-refractivity contribution in [3.8, 4) is 5.75 Å². The quantitative estimate of drug-likeness (QED) is 0.797. The average Bonchev–Trinajstić information content (AvgIpc) is 2.66. The molecule has 1 aromatic heterocycles. The first kappa shape index (κ1) is 17.0. The van der Waals surface area contributed by atoms with Crippen molar-refractivity contribution in [2.45, 2.75) is 19.4 Å². The summed E-state index contributed by atoms with van der Waals surface area (Å²) in [5, 5.41) is 0. The van der Waals surface area contributed by atoms with E-state index in [0.29, 0.717) is 31.5 Å². The molecule has 0 saturated carbocycles. The molecule has 25 heavy (non-hydrogen) atoms. The fourth-order valence-electron chi connectivity index (χ4n) is 3.06. The Hall–Kier alpha value is -2.89. The number of benzene rings is 1. The number of nitrogens with zero attached hydrogens (tertiary/aromatic N) is 2. The molecule has 2 aromatic rings. The van der Waals surface area contributed by atoms with Crippen LogP contribution in [0.4, 0.5) is 0 Å². The number of ether oxygens (including phenoxy) is 2. The maximum Gasteiger partial charge on any atom is 0.339 e. The zero-order chi connectivity index (χ0) is 17.8. The third-order valence-corrected chi connectivity index (χ3v) is 4.39. The van der Waals surface area contributed by atoms with E-state index in [9.17, 15) is 9.59 Å². The normalized spacial score (nSPS) is 13.1. The van der Waals surface area contributed by atoms with Crippen LogP contribution in [0, 0.1) is 0 Å². The minimum Gasteiger partial charge on any atom is -0.497 e. The average molecular weight is 340 g/mol. The van der Waals surface area contributed by atoms with Crippen LogP contribution in [0.25, 0.3) is 0 Å². The van der Waals surface area contributed by atoms with Crippen LogP contribution >= 0.6 is 0 Å². The molecule has 1 amide bonds. The van der Waals surface area contributed by atoms with E-state index < -0.39 is 0 Å². The maximum absolute atomic E-state index is 12.6. The third-order valence-electron chi connectivity index (χ3n) is 4.39. The van der Waals surface area contributed by atoms with Gasteiger partial charge in [-0.15, -0.1) is 0 Å². The number of aromatic nitrogens is 1. The lowest BCUT2D eigenvalue weighted by atomic mass is 9.96. The Labute approximate surface area is 146 Å². The van der Waals surface area contributed by atoms with Crippen LogP contribution in [0.15, 0.2) is 36.7 Å². The number of carbonyl (C=O) groups is 2. The van der Waals surface area contributed by atoms with Gasteiger partial charge in [-0.05, 0) is 35.2 Å². The van der Waals surface area contributed by atoms with Crippen LogP contribution in [0.3, 0.4) is 0 Å². The number of esters is 1. The lowest BCUT2D eigenvalue weighted by molar-refractivity contribution is -0.131. The van der Waals surface area contributed by atoms with Crippen molar-refractivity contribution in [3.05, 3.63) is 58.9 Å². The van der Waals surface area contributed by atoms with Gasteiger partial charge in [0.2, 0.25) is 5.91 Å². The second-order valence-electron chi connectivity index (χ2n) is 5.91. The van der Waals surface area contributed by atoms with Gasteiger partial charge in [0.05, 0.1) is 26.2 Å². The summed E-state index contributed by atoms with van der Waals surface area (Å²) in [5.74, 6) is 0.393. The van der Waals surface area contributed by atoms with Crippen molar-refractivity contribution in [3.63, 3.8) is 0 Å². The molecule has 0 saturated heterocycles. The van der Waals surface area contributed by atoms with Gasteiger partial charge in [-0.3, -0.25) is 9.78 Å². The van der Waals surface area contributed by atoms with Crippen molar-refractivity contribution < 1.29 is 19.1 Å². The molecule has 0 radical (unpaired) electrons. The number of pyridine rings is 1. The Bertz CT molecular complexity index is 804. The minimum atomic E-state index is -0.388. The van der Waals surface area contributed by atoms with Gasteiger partial charge in [0.1, 0.15) is 5.75 Å². The van der Waals surface area contributed by atoms with E-state index in [1.807, 2.05) is 24.3 Å². The second kappa shape index (κ2) is 7.34. The van der Waals surface area contributed by atoms with Gasteiger partial charge in [0.15, 0.2) is 0 Å². The van der Waals surface area contributed by atoms with Crippen LogP contribution in [0.5, 0.6) is 5.75 Å². The maximum atomic E-state index is 12.6. The summed E-state index contributed by atoms with van der Waals surface area (Å²) < 4.78 is 10.0. The summed E-state index contributed by atoms with van der Waals surface area (Å²) in [4.78, 5) is 30.4. The molecule has 6 nitrogen and oxygen atoms in total. The van der Waals surface area contributed by atoms with Crippen LogP contribution < -0.4 is 4.74 Å². The van der Waals surface area contributed by atoms with E-state index in [0.717, 1.165) is 22.4 Å². The van der Waals surface area contributed by atoms with Crippen LogP contribution in [0.2, 0.25) is 0 Å². The first-order valence-electron chi connectivity index (χ1n) is 8.07. The van der Waals surface area contributed by atoms with E-state index in [1.165, 1.54) is 13.3 Å². The first-order chi connectivity index (χ1) is 12.1. The number of amides is 1. The van der Waals surface area contributed by atoms with E-state index in [4.69, 9.17) is 9.47 Å². The molecule has 130 valence electrons. The summed E-state index contributed by atoms with van der Waals surface area (Å²) in [5.41, 5.74) is 3.22. The molecule has 6 heteroatoms. The molecule has 0 aliphatic carbocycles. The smallest absolute Gasteiger partial charge is 0.339 e. The summed E-state index contributed by atoms with van der Waals surface area (Å²) in [7, 11) is 2.96. The number of rotatable bonds is 4. The largest absolute Gasteiger partial charge is 0.497 e. The Morgan fingerprint density at radius 2 is 2.08 bits per heavy atom. The predicted octanol–water partition coefficient (Wildman–Crippen LogP) is 2.00. The van der Waals surface area contributed by atoms with Gasteiger partial charge in [0.25, 0.3) is 0 Å². The lowest BCUT2D eigenvalue weighted by Gasteiger charge is -2.29. The molecule has 1 aliphatic rings. The van der Waals surface area contributed by atoms with Crippen LogP contribution in [-0.4, -0.2) is 42.5 Å². The Morgan fingerprint density at radius 3 is 2.84 bits per heavy atom. The van der Waals surface area contributed by atoms with Gasteiger partial charge < -0.3 is 14.4 Å². The Balaban J connectivity index is 1.74.